The summed E-state index contributed by atoms with van der Waals surface area (Å²) in [6.45, 7) is 8.63. The minimum atomic E-state index is 0.00356. The Hall–Kier alpha value is -1.19. The number of rotatable bonds is 2. The van der Waals surface area contributed by atoms with Crippen molar-refractivity contribution < 1.29 is 0 Å². The lowest BCUT2D eigenvalue weighted by atomic mass is 9.87. The molecule has 1 unspecified atom stereocenters. The zero-order valence-corrected chi connectivity index (χ0v) is 12.2. The Morgan fingerprint density at radius 2 is 1.78 bits per heavy atom. The van der Waals surface area contributed by atoms with Crippen molar-refractivity contribution in [3.05, 3.63) is 40.9 Å². The van der Waals surface area contributed by atoms with E-state index in [0.29, 0.717) is 0 Å². The van der Waals surface area contributed by atoms with E-state index in [9.17, 15) is 0 Å². The zero-order chi connectivity index (χ0) is 13.3. The van der Waals surface area contributed by atoms with Gasteiger partial charge in [-0.3, -0.25) is 0 Å². The van der Waals surface area contributed by atoms with Gasteiger partial charge in [0.15, 0.2) is 0 Å². The maximum atomic E-state index is 5.83. The lowest BCUT2D eigenvalue weighted by Crippen LogP contribution is -2.10. The van der Waals surface area contributed by atoms with E-state index >= 15 is 0 Å². The first kappa shape index (κ1) is 13.2. The van der Waals surface area contributed by atoms with Crippen LogP contribution >= 0.6 is 11.3 Å². The number of benzene rings is 1. The van der Waals surface area contributed by atoms with Crippen LogP contribution in [0.25, 0.3) is 10.6 Å². The van der Waals surface area contributed by atoms with E-state index in [1.807, 2.05) is 12.3 Å². The molecule has 0 aliphatic rings. The molecule has 1 atom stereocenters. The zero-order valence-electron chi connectivity index (χ0n) is 11.4. The van der Waals surface area contributed by atoms with E-state index in [2.05, 4.69) is 50.0 Å². The second-order valence-electron chi connectivity index (χ2n) is 5.69. The van der Waals surface area contributed by atoms with E-state index in [1.54, 1.807) is 11.3 Å². The minimum absolute atomic E-state index is 0.00356. The van der Waals surface area contributed by atoms with Crippen LogP contribution in [0.4, 0.5) is 0 Å². The third-order valence-electron chi connectivity index (χ3n) is 2.99. The molecule has 2 N–H and O–H groups in total. The lowest BCUT2D eigenvalue weighted by molar-refractivity contribution is 0.590. The molecule has 0 fully saturated rings. The predicted octanol–water partition coefficient (Wildman–Crippen LogP) is 4.13. The average Bonchev–Trinajstić information content (AvgIpc) is 2.77. The van der Waals surface area contributed by atoms with E-state index in [1.165, 1.54) is 11.1 Å². The molecular weight excluding hydrogens is 240 g/mol. The number of thiazole rings is 1. The Bertz CT molecular complexity index is 518. The van der Waals surface area contributed by atoms with Gasteiger partial charge < -0.3 is 5.73 Å². The monoisotopic (exact) mass is 260 g/mol. The lowest BCUT2D eigenvalue weighted by Gasteiger charge is -2.18. The molecule has 1 aromatic carbocycles. The molecule has 0 radical (unpaired) electrons. The summed E-state index contributed by atoms with van der Waals surface area (Å²) in [5, 5.41) is 3.08. The van der Waals surface area contributed by atoms with E-state index in [0.717, 1.165) is 10.7 Å². The van der Waals surface area contributed by atoms with Crippen molar-refractivity contribution in [1.29, 1.82) is 0 Å². The van der Waals surface area contributed by atoms with Crippen LogP contribution in [-0.2, 0) is 5.41 Å². The molecule has 1 aromatic heterocycles. The van der Waals surface area contributed by atoms with Gasteiger partial charge in [-0.1, -0.05) is 45.0 Å². The molecule has 2 aromatic rings. The molecule has 3 heteroatoms. The number of nitrogens with zero attached hydrogens (tertiary/aromatic N) is 1. The van der Waals surface area contributed by atoms with E-state index < -0.39 is 0 Å². The van der Waals surface area contributed by atoms with Crippen LogP contribution in [0, 0.1) is 0 Å². The Kier molecular flexibility index (Phi) is 3.55. The van der Waals surface area contributed by atoms with E-state index in [-0.39, 0.29) is 11.5 Å². The first-order chi connectivity index (χ1) is 8.38. The van der Waals surface area contributed by atoms with Gasteiger partial charge in [0.05, 0.1) is 5.69 Å². The SMILES string of the molecule is CC(N)c1csc(-c2ccc(C(C)(C)C)cc2)n1. The van der Waals surface area contributed by atoms with Gasteiger partial charge >= 0.3 is 0 Å². The fourth-order valence-electron chi connectivity index (χ4n) is 1.74. The normalized spacial score (nSPS) is 13.6. The van der Waals surface area contributed by atoms with Crippen molar-refractivity contribution in [2.24, 2.45) is 5.73 Å². The van der Waals surface area contributed by atoms with Gasteiger partial charge in [-0.05, 0) is 17.9 Å². The van der Waals surface area contributed by atoms with Crippen molar-refractivity contribution in [1.82, 2.24) is 4.98 Å². The highest BCUT2D eigenvalue weighted by Gasteiger charge is 2.14. The van der Waals surface area contributed by atoms with Crippen LogP contribution in [0.15, 0.2) is 29.6 Å². The second-order valence-corrected chi connectivity index (χ2v) is 6.55. The average molecular weight is 260 g/mol. The molecule has 96 valence electrons. The van der Waals surface area contributed by atoms with Crippen molar-refractivity contribution in [3.8, 4) is 10.6 Å². The van der Waals surface area contributed by atoms with Gasteiger partial charge in [0.1, 0.15) is 5.01 Å². The van der Waals surface area contributed by atoms with Crippen LogP contribution in [0.5, 0.6) is 0 Å². The summed E-state index contributed by atoms with van der Waals surface area (Å²) < 4.78 is 0. The van der Waals surface area contributed by atoms with Crippen LogP contribution in [0.3, 0.4) is 0 Å². The van der Waals surface area contributed by atoms with Crippen LogP contribution < -0.4 is 5.73 Å². The predicted molar refractivity (Wildman–Crippen MR) is 78.9 cm³/mol. The smallest absolute Gasteiger partial charge is 0.123 e. The quantitative estimate of drug-likeness (QED) is 0.882. The summed E-state index contributed by atoms with van der Waals surface area (Å²) in [5.41, 5.74) is 9.50. The summed E-state index contributed by atoms with van der Waals surface area (Å²) in [7, 11) is 0. The molecule has 1 heterocycles. The molecule has 0 aliphatic heterocycles. The van der Waals surface area contributed by atoms with Crippen molar-refractivity contribution in [2.75, 3.05) is 0 Å². The Labute approximate surface area is 113 Å². The van der Waals surface area contributed by atoms with Gasteiger partial charge in [-0.15, -0.1) is 11.3 Å². The van der Waals surface area contributed by atoms with Crippen LogP contribution in [0.2, 0.25) is 0 Å². The van der Waals surface area contributed by atoms with Gasteiger partial charge in [0.2, 0.25) is 0 Å². The molecule has 0 bridgehead atoms. The maximum absolute atomic E-state index is 5.83. The molecule has 0 saturated heterocycles. The molecule has 18 heavy (non-hydrogen) atoms. The van der Waals surface area contributed by atoms with Gasteiger partial charge in [0, 0.05) is 17.0 Å². The Balaban J connectivity index is 2.29. The highest BCUT2D eigenvalue weighted by molar-refractivity contribution is 7.13. The third-order valence-corrected chi connectivity index (χ3v) is 3.90. The number of nitrogens with two attached hydrogens (primary N) is 1. The van der Waals surface area contributed by atoms with Crippen molar-refractivity contribution >= 4 is 11.3 Å². The Morgan fingerprint density at radius 1 is 1.17 bits per heavy atom. The first-order valence-electron chi connectivity index (χ1n) is 6.20. The third kappa shape index (κ3) is 2.79. The maximum Gasteiger partial charge on any atom is 0.123 e. The largest absolute Gasteiger partial charge is 0.323 e. The summed E-state index contributed by atoms with van der Waals surface area (Å²) in [4.78, 5) is 4.57. The first-order valence-corrected chi connectivity index (χ1v) is 7.08. The Morgan fingerprint density at radius 3 is 2.22 bits per heavy atom. The molecule has 0 spiro atoms. The molecule has 2 rings (SSSR count). The summed E-state index contributed by atoms with van der Waals surface area (Å²) >= 11 is 1.65. The minimum Gasteiger partial charge on any atom is -0.323 e. The molecule has 0 saturated carbocycles. The fraction of sp³-hybridized carbons (Fsp3) is 0.400. The van der Waals surface area contributed by atoms with E-state index in [4.69, 9.17) is 5.73 Å². The number of aromatic nitrogens is 1. The van der Waals surface area contributed by atoms with Gasteiger partial charge in [-0.25, -0.2) is 4.98 Å². The topological polar surface area (TPSA) is 38.9 Å². The molecule has 2 nitrogen and oxygen atoms in total. The standard InChI is InChI=1S/C15H20N2S/c1-10(16)13-9-18-14(17-13)11-5-7-12(8-6-11)15(2,3)4/h5-10H,16H2,1-4H3. The number of hydrogen-bond acceptors (Lipinski definition) is 3. The molecule has 0 aliphatic carbocycles. The van der Waals surface area contributed by atoms with Gasteiger partial charge in [0.25, 0.3) is 0 Å². The summed E-state index contributed by atoms with van der Waals surface area (Å²) in [5.74, 6) is 0. The fourth-order valence-corrected chi connectivity index (χ4v) is 2.67. The summed E-state index contributed by atoms with van der Waals surface area (Å²) in [6.07, 6.45) is 0. The van der Waals surface area contributed by atoms with Gasteiger partial charge in [-0.2, -0.15) is 0 Å². The summed E-state index contributed by atoms with van der Waals surface area (Å²) in [6, 6.07) is 8.66. The second kappa shape index (κ2) is 4.82. The number of hydrogen-bond donors (Lipinski definition) is 1. The highest BCUT2D eigenvalue weighted by atomic mass is 32.1. The molecule has 0 amide bonds. The molecular formula is C15H20N2S. The highest BCUT2D eigenvalue weighted by Crippen LogP contribution is 2.28. The van der Waals surface area contributed by atoms with Crippen molar-refractivity contribution in [3.63, 3.8) is 0 Å². The van der Waals surface area contributed by atoms with Crippen LogP contribution in [-0.4, -0.2) is 4.98 Å². The van der Waals surface area contributed by atoms with Crippen LogP contribution in [0.1, 0.15) is 45.0 Å². The van der Waals surface area contributed by atoms with Crippen molar-refractivity contribution in [2.45, 2.75) is 39.2 Å².